The zero-order chi connectivity index (χ0) is 12.1. The molecule has 0 saturated heterocycles. The van der Waals surface area contributed by atoms with Crippen molar-refractivity contribution in [3.8, 4) is 0 Å². The molecule has 2 heterocycles. The lowest BCUT2D eigenvalue weighted by Gasteiger charge is -2.07. The summed E-state index contributed by atoms with van der Waals surface area (Å²) in [4.78, 5) is 16.2. The number of aryl methyl sites for hydroxylation is 1. The largest absolute Gasteiger partial charge is 0.364 e. The number of nitrogens with two attached hydrogens (primary N) is 1. The van der Waals surface area contributed by atoms with Crippen LogP contribution in [0.4, 0.5) is 11.8 Å². The molecule has 0 fully saturated rings. The molecule has 0 bridgehead atoms. The predicted molar refractivity (Wildman–Crippen MR) is 63.9 cm³/mol. The third kappa shape index (κ3) is 3.08. The van der Waals surface area contributed by atoms with E-state index in [9.17, 15) is 0 Å². The minimum atomic E-state index is 0.384. The topological polar surface area (TPSA) is 102 Å². The summed E-state index contributed by atoms with van der Waals surface area (Å²) >= 11 is 0. The molecule has 0 amide bonds. The van der Waals surface area contributed by atoms with Crippen molar-refractivity contribution < 1.29 is 0 Å². The Labute approximate surface area is 98.5 Å². The molecule has 2 aromatic heterocycles. The molecule has 0 unspecified atom stereocenters. The first-order valence-corrected chi connectivity index (χ1v) is 5.09. The van der Waals surface area contributed by atoms with Gasteiger partial charge in [-0.25, -0.2) is 20.8 Å². The minimum absolute atomic E-state index is 0.384. The normalized spacial score (nSPS) is 10.0. The summed E-state index contributed by atoms with van der Waals surface area (Å²) in [6.45, 7) is 2.45. The first kappa shape index (κ1) is 11.2. The van der Waals surface area contributed by atoms with Crippen molar-refractivity contribution in [3.63, 3.8) is 0 Å². The van der Waals surface area contributed by atoms with Gasteiger partial charge in [-0.05, 0) is 13.0 Å². The number of hydrogen-bond acceptors (Lipinski definition) is 7. The van der Waals surface area contributed by atoms with Crippen LogP contribution in [-0.4, -0.2) is 19.9 Å². The van der Waals surface area contributed by atoms with Crippen molar-refractivity contribution in [2.75, 3.05) is 10.7 Å². The summed E-state index contributed by atoms with van der Waals surface area (Å²) in [7, 11) is 0. The van der Waals surface area contributed by atoms with E-state index in [1.54, 1.807) is 6.20 Å². The summed E-state index contributed by atoms with van der Waals surface area (Å²) in [6.07, 6.45) is 3.21. The maximum atomic E-state index is 5.27. The number of nitrogens with one attached hydrogen (secondary N) is 2. The maximum absolute atomic E-state index is 5.27. The summed E-state index contributed by atoms with van der Waals surface area (Å²) in [5.74, 6) is 6.35. The van der Waals surface area contributed by atoms with Gasteiger partial charge >= 0.3 is 0 Å². The van der Waals surface area contributed by atoms with Crippen LogP contribution in [0.25, 0.3) is 0 Å². The number of anilines is 2. The molecule has 7 nitrogen and oxygen atoms in total. The lowest BCUT2D eigenvalue weighted by molar-refractivity contribution is 0.984. The fourth-order valence-electron chi connectivity index (χ4n) is 1.33. The van der Waals surface area contributed by atoms with Gasteiger partial charge < -0.3 is 5.32 Å². The lowest BCUT2D eigenvalue weighted by atomic mass is 10.4. The Kier molecular flexibility index (Phi) is 3.41. The Morgan fingerprint density at radius 1 is 1.35 bits per heavy atom. The summed E-state index contributed by atoms with van der Waals surface area (Å²) in [5.41, 5.74) is 4.14. The summed E-state index contributed by atoms with van der Waals surface area (Å²) < 4.78 is 0. The minimum Gasteiger partial charge on any atom is -0.364 e. The van der Waals surface area contributed by atoms with E-state index in [0.717, 1.165) is 11.4 Å². The second-order valence-electron chi connectivity index (χ2n) is 3.42. The van der Waals surface area contributed by atoms with Gasteiger partial charge in [0.2, 0.25) is 5.95 Å². The number of aromatic nitrogens is 4. The Morgan fingerprint density at radius 2 is 2.24 bits per heavy atom. The van der Waals surface area contributed by atoms with Crippen LogP contribution in [0.15, 0.2) is 24.7 Å². The van der Waals surface area contributed by atoms with Crippen LogP contribution in [0.2, 0.25) is 0 Å². The van der Waals surface area contributed by atoms with Crippen LogP contribution in [0.3, 0.4) is 0 Å². The maximum Gasteiger partial charge on any atom is 0.239 e. The highest BCUT2D eigenvalue weighted by atomic mass is 15.3. The quantitative estimate of drug-likeness (QED) is 0.519. The van der Waals surface area contributed by atoms with E-state index in [2.05, 4.69) is 30.7 Å². The lowest BCUT2D eigenvalue weighted by Crippen LogP contribution is -2.12. The average Bonchev–Trinajstić information content (AvgIpc) is 2.37. The average molecular weight is 231 g/mol. The third-order valence-corrected chi connectivity index (χ3v) is 2.08. The SMILES string of the molecule is Cc1cc(NCc2ccncn2)nc(NN)n1. The zero-order valence-electron chi connectivity index (χ0n) is 9.38. The molecule has 17 heavy (non-hydrogen) atoms. The fourth-order valence-corrected chi connectivity index (χ4v) is 1.33. The molecule has 2 aromatic rings. The monoisotopic (exact) mass is 231 g/mol. The van der Waals surface area contributed by atoms with Gasteiger partial charge in [0.05, 0.1) is 12.2 Å². The molecule has 0 aliphatic rings. The van der Waals surface area contributed by atoms with Gasteiger partial charge in [-0.2, -0.15) is 4.98 Å². The third-order valence-electron chi connectivity index (χ3n) is 2.08. The molecule has 0 aliphatic heterocycles. The van der Waals surface area contributed by atoms with Crippen LogP contribution >= 0.6 is 0 Å². The van der Waals surface area contributed by atoms with E-state index in [1.165, 1.54) is 6.33 Å². The van der Waals surface area contributed by atoms with Crippen molar-refractivity contribution >= 4 is 11.8 Å². The Morgan fingerprint density at radius 3 is 2.94 bits per heavy atom. The Balaban J connectivity index is 2.06. The Hall–Kier alpha value is -2.28. The number of rotatable bonds is 4. The molecule has 0 spiro atoms. The van der Waals surface area contributed by atoms with Gasteiger partial charge in [-0.3, -0.25) is 5.43 Å². The van der Waals surface area contributed by atoms with Crippen molar-refractivity contribution in [2.45, 2.75) is 13.5 Å². The highest BCUT2D eigenvalue weighted by Crippen LogP contribution is 2.09. The first-order valence-electron chi connectivity index (χ1n) is 5.09. The Bertz CT molecular complexity index is 485. The second kappa shape index (κ2) is 5.17. The molecule has 0 atom stereocenters. The van der Waals surface area contributed by atoms with Gasteiger partial charge in [0, 0.05) is 18.0 Å². The highest BCUT2D eigenvalue weighted by Gasteiger charge is 2.01. The van der Waals surface area contributed by atoms with E-state index >= 15 is 0 Å². The van der Waals surface area contributed by atoms with Crippen molar-refractivity contribution in [3.05, 3.63) is 36.0 Å². The molecular weight excluding hydrogens is 218 g/mol. The van der Waals surface area contributed by atoms with E-state index in [0.29, 0.717) is 18.3 Å². The zero-order valence-corrected chi connectivity index (χ0v) is 9.38. The molecule has 0 aromatic carbocycles. The summed E-state index contributed by atoms with van der Waals surface area (Å²) in [5, 5.41) is 3.14. The first-order chi connectivity index (χ1) is 8.28. The molecular formula is C10H13N7. The van der Waals surface area contributed by atoms with Gasteiger partial charge in [-0.1, -0.05) is 0 Å². The predicted octanol–water partition coefficient (Wildman–Crippen LogP) is 0.473. The summed E-state index contributed by atoms with van der Waals surface area (Å²) in [6, 6.07) is 3.67. The highest BCUT2D eigenvalue weighted by molar-refractivity contribution is 5.41. The number of nitrogen functional groups attached to an aromatic ring is 1. The van der Waals surface area contributed by atoms with E-state index in [-0.39, 0.29) is 0 Å². The van der Waals surface area contributed by atoms with Gasteiger partial charge in [0.1, 0.15) is 12.1 Å². The van der Waals surface area contributed by atoms with Crippen LogP contribution in [-0.2, 0) is 6.54 Å². The molecule has 0 aliphatic carbocycles. The number of hydrogen-bond donors (Lipinski definition) is 3. The van der Waals surface area contributed by atoms with Gasteiger partial charge in [0.15, 0.2) is 0 Å². The number of nitrogens with zero attached hydrogens (tertiary/aromatic N) is 4. The van der Waals surface area contributed by atoms with Crippen molar-refractivity contribution in [2.24, 2.45) is 5.84 Å². The molecule has 2 rings (SSSR count). The van der Waals surface area contributed by atoms with Crippen molar-refractivity contribution in [1.29, 1.82) is 0 Å². The van der Waals surface area contributed by atoms with Crippen LogP contribution in [0, 0.1) is 6.92 Å². The smallest absolute Gasteiger partial charge is 0.239 e. The molecule has 0 radical (unpaired) electrons. The van der Waals surface area contributed by atoms with Gasteiger partial charge in [0.25, 0.3) is 0 Å². The molecule has 0 saturated carbocycles. The van der Waals surface area contributed by atoms with Crippen LogP contribution in [0.1, 0.15) is 11.4 Å². The van der Waals surface area contributed by atoms with Crippen LogP contribution in [0.5, 0.6) is 0 Å². The van der Waals surface area contributed by atoms with Gasteiger partial charge in [-0.15, -0.1) is 0 Å². The van der Waals surface area contributed by atoms with Crippen LogP contribution < -0.4 is 16.6 Å². The number of hydrazine groups is 1. The molecule has 88 valence electrons. The van der Waals surface area contributed by atoms with E-state index in [1.807, 2.05) is 19.1 Å². The second-order valence-corrected chi connectivity index (χ2v) is 3.42. The standard InChI is InChI=1S/C10H13N7/c1-7-4-9(16-10(15-7)17-11)13-5-8-2-3-12-6-14-8/h2-4,6H,5,11H2,1H3,(H2,13,15,16,17). The van der Waals surface area contributed by atoms with E-state index < -0.39 is 0 Å². The molecule has 7 heteroatoms. The van der Waals surface area contributed by atoms with E-state index in [4.69, 9.17) is 5.84 Å². The molecule has 4 N–H and O–H groups in total. The fraction of sp³-hybridized carbons (Fsp3) is 0.200. The van der Waals surface area contributed by atoms with Crippen molar-refractivity contribution in [1.82, 2.24) is 19.9 Å².